The highest BCUT2D eigenvalue weighted by Crippen LogP contribution is 2.41. The first-order chi connectivity index (χ1) is 25.8. The van der Waals surface area contributed by atoms with Gasteiger partial charge in [-0.1, -0.05) is 91.1 Å². The molecule has 3 aromatic heterocycles. The van der Waals surface area contributed by atoms with Crippen LogP contribution >= 0.6 is 22.7 Å². The Balaban J connectivity index is 1.06. The lowest BCUT2D eigenvalue weighted by Crippen LogP contribution is -2.33. The molecule has 0 N–H and O–H groups in total. The van der Waals surface area contributed by atoms with E-state index in [0.717, 1.165) is 56.3 Å². The summed E-state index contributed by atoms with van der Waals surface area (Å²) in [5.74, 6) is 1.45. The fourth-order valence-corrected chi connectivity index (χ4v) is 11.3. The highest BCUT2D eigenvalue weighted by Gasteiger charge is 2.25. The van der Waals surface area contributed by atoms with Crippen molar-refractivity contribution in [3.05, 3.63) is 159 Å². The van der Waals surface area contributed by atoms with Crippen molar-refractivity contribution < 1.29 is 4.42 Å². The maximum absolute atomic E-state index is 6.55. The highest BCUT2D eigenvalue weighted by molar-refractivity contribution is 7.25. The highest BCUT2D eigenvalue weighted by atomic mass is 32.1. The van der Waals surface area contributed by atoms with Crippen molar-refractivity contribution in [1.29, 1.82) is 0 Å². The van der Waals surface area contributed by atoms with Gasteiger partial charge in [0.25, 0.3) is 0 Å². The van der Waals surface area contributed by atoms with Crippen LogP contribution < -0.4 is 14.7 Å². The summed E-state index contributed by atoms with van der Waals surface area (Å²) in [6.45, 7) is 0. The van der Waals surface area contributed by atoms with E-state index in [9.17, 15) is 0 Å². The third-order valence-corrected chi connectivity index (χ3v) is 13.8. The van der Waals surface area contributed by atoms with E-state index in [1.165, 1.54) is 84.7 Å². The molecule has 1 unspecified atom stereocenters. The maximum Gasteiger partial charge on any atom is 0.137 e. The molecule has 0 amide bonds. The SMILES string of the molecule is C1=CC(c2cccc3c4c(sc23)=C(N(C2=CCC(c3ccc5sc6ccccc6c5c3)C=C2)c2ccc3c5c(oc3c2)CCC=C5)CCC=4)=CCC1. The molecule has 0 saturated heterocycles. The first kappa shape index (κ1) is 30.5. The van der Waals surface area contributed by atoms with Crippen LogP contribution in [-0.4, -0.2) is 0 Å². The van der Waals surface area contributed by atoms with Crippen molar-refractivity contribution in [3.63, 3.8) is 0 Å². The summed E-state index contributed by atoms with van der Waals surface area (Å²) in [7, 11) is 0. The predicted molar refractivity (Wildman–Crippen MR) is 224 cm³/mol. The Kier molecular flexibility index (Phi) is 7.16. The number of hydrogen-bond acceptors (Lipinski definition) is 4. The summed E-state index contributed by atoms with van der Waals surface area (Å²) in [4.78, 5) is 2.56. The van der Waals surface area contributed by atoms with E-state index in [1.54, 1.807) is 0 Å². The summed E-state index contributed by atoms with van der Waals surface area (Å²) in [6.07, 6.45) is 28.6. The zero-order chi connectivity index (χ0) is 34.2. The van der Waals surface area contributed by atoms with Gasteiger partial charge in [-0.2, -0.15) is 0 Å². The molecule has 4 aliphatic rings. The van der Waals surface area contributed by atoms with E-state index in [0.29, 0.717) is 5.92 Å². The standard InChI is InChI=1S/C48H37NOS2/c1-2-10-31(11-3-1)35-14-8-15-39-40-16-9-17-42(48(40)52-47(35)39)49(34-25-26-37-36-12-4-6-18-43(36)50-44(37)29-34)33-23-20-30(21-24-33)32-22-27-46-41(28-32)38-13-5-7-19-45(38)51-46/h2,4-5,7-8,10-16,19-20,22-30H,1,3,6,9,17-18,21H2. The number of anilines is 1. The van der Waals surface area contributed by atoms with Gasteiger partial charge in [0.2, 0.25) is 0 Å². The quantitative estimate of drug-likeness (QED) is 0.177. The van der Waals surface area contributed by atoms with Crippen molar-refractivity contribution in [1.82, 2.24) is 0 Å². The minimum atomic E-state index is 0.337. The number of hydrogen-bond donors (Lipinski definition) is 0. The topological polar surface area (TPSA) is 16.4 Å². The first-order valence-electron chi connectivity index (χ1n) is 18.7. The number of fused-ring (bicyclic) bond motifs is 9. The Morgan fingerprint density at radius 2 is 1.60 bits per heavy atom. The molecule has 0 spiro atoms. The molecule has 11 rings (SSSR count). The Bertz CT molecular complexity index is 2900. The van der Waals surface area contributed by atoms with Crippen molar-refractivity contribution >= 4 is 93.0 Å². The van der Waals surface area contributed by atoms with Crippen molar-refractivity contribution in [2.45, 2.75) is 50.9 Å². The second-order valence-corrected chi connectivity index (χ2v) is 16.5. The van der Waals surface area contributed by atoms with E-state index >= 15 is 0 Å². The Morgan fingerprint density at radius 1 is 0.673 bits per heavy atom. The van der Waals surface area contributed by atoms with Crippen LogP contribution in [0.1, 0.15) is 66.9 Å². The summed E-state index contributed by atoms with van der Waals surface area (Å²) < 4.78 is 12.1. The molecule has 0 aliphatic heterocycles. The smallest absolute Gasteiger partial charge is 0.137 e. The molecule has 0 fully saturated rings. The van der Waals surface area contributed by atoms with Gasteiger partial charge in [0.05, 0.1) is 4.53 Å². The molecule has 52 heavy (non-hydrogen) atoms. The van der Waals surface area contributed by atoms with Crippen LogP contribution in [0, 0.1) is 0 Å². The van der Waals surface area contributed by atoms with E-state index in [1.807, 2.05) is 22.7 Å². The van der Waals surface area contributed by atoms with Gasteiger partial charge < -0.3 is 9.32 Å². The molecule has 0 bridgehead atoms. The first-order valence-corrected chi connectivity index (χ1v) is 20.3. The monoisotopic (exact) mass is 707 g/mol. The van der Waals surface area contributed by atoms with E-state index in [4.69, 9.17) is 4.42 Å². The van der Waals surface area contributed by atoms with Crippen LogP contribution in [0.4, 0.5) is 5.69 Å². The number of allylic oxidation sites excluding steroid dienone is 8. The molecule has 252 valence electrons. The van der Waals surface area contributed by atoms with Gasteiger partial charge in [-0.3, -0.25) is 0 Å². The van der Waals surface area contributed by atoms with Crippen LogP contribution in [0.5, 0.6) is 0 Å². The Morgan fingerprint density at radius 3 is 2.52 bits per heavy atom. The molecule has 0 saturated carbocycles. The largest absolute Gasteiger partial charge is 0.460 e. The second kappa shape index (κ2) is 12.2. The molecule has 4 aromatic carbocycles. The summed E-state index contributed by atoms with van der Waals surface area (Å²) in [5.41, 5.74) is 10.1. The molecular formula is C48H37NOS2. The third kappa shape index (κ3) is 4.88. The average molecular weight is 708 g/mol. The van der Waals surface area contributed by atoms with E-state index in [-0.39, 0.29) is 0 Å². The Hall–Kier alpha value is -5.16. The zero-order valence-electron chi connectivity index (χ0n) is 28.9. The van der Waals surface area contributed by atoms with Crippen molar-refractivity contribution in [2.75, 3.05) is 4.90 Å². The molecule has 4 heteroatoms. The molecule has 0 radical (unpaired) electrons. The van der Waals surface area contributed by atoms with Crippen LogP contribution in [-0.2, 0) is 6.42 Å². The second-order valence-electron chi connectivity index (χ2n) is 14.4. The van der Waals surface area contributed by atoms with Crippen LogP contribution in [0.2, 0.25) is 0 Å². The molecular weight excluding hydrogens is 671 g/mol. The van der Waals surface area contributed by atoms with Gasteiger partial charge in [-0.25, -0.2) is 0 Å². The molecule has 3 heterocycles. The van der Waals surface area contributed by atoms with Crippen molar-refractivity contribution in [3.8, 4) is 0 Å². The van der Waals surface area contributed by atoms with Crippen LogP contribution in [0.15, 0.2) is 132 Å². The van der Waals surface area contributed by atoms with Gasteiger partial charge in [-0.15, -0.1) is 22.7 Å². The fraction of sp³-hybridized carbons (Fsp3) is 0.167. The lowest BCUT2D eigenvalue weighted by Gasteiger charge is -2.31. The number of rotatable bonds is 5. The molecule has 7 aromatic rings. The van der Waals surface area contributed by atoms with Gasteiger partial charge in [0.1, 0.15) is 11.3 Å². The minimum absolute atomic E-state index is 0.337. The summed E-state index contributed by atoms with van der Waals surface area (Å²) in [5, 5.41) is 6.71. The summed E-state index contributed by atoms with van der Waals surface area (Å²) >= 11 is 3.86. The molecule has 4 aliphatic carbocycles. The van der Waals surface area contributed by atoms with Crippen LogP contribution in [0.25, 0.3) is 64.6 Å². The third-order valence-electron chi connectivity index (χ3n) is 11.4. The normalized spacial score (nSPS) is 18.2. The van der Waals surface area contributed by atoms with Crippen molar-refractivity contribution in [2.24, 2.45) is 0 Å². The average Bonchev–Trinajstić information content (AvgIpc) is 3.90. The van der Waals surface area contributed by atoms with Gasteiger partial charge in [0, 0.05) is 76.7 Å². The minimum Gasteiger partial charge on any atom is -0.460 e. The van der Waals surface area contributed by atoms with Crippen LogP contribution in [0.3, 0.4) is 0 Å². The number of nitrogens with zero attached hydrogens (tertiary/aromatic N) is 1. The molecule has 2 nitrogen and oxygen atoms in total. The lowest BCUT2D eigenvalue weighted by atomic mass is 9.90. The predicted octanol–water partition coefficient (Wildman–Crippen LogP) is 12.5. The number of thiophene rings is 2. The fourth-order valence-electron chi connectivity index (χ4n) is 8.81. The lowest BCUT2D eigenvalue weighted by molar-refractivity contribution is 0.546. The number of furan rings is 1. The van der Waals surface area contributed by atoms with Gasteiger partial charge in [0.15, 0.2) is 0 Å². The van der Waals surface area contributed by atoms with Gasteiger partial charge >= 0.3 is 0 Å². The Labute approximate surface area is 311 Å². The summed E-state index contributed by atoms with van der Waals surface area (Å²) in [6, 6.07) is 29.7. The molecule has 1 atom stereocenters. The number of benzene rings is 4. The van der Waals surface area contributed by atoms with Gasteiger partial charge in [-0.05, 0) is 96.9 Å². The zero-order valence-corrected chi connectivity index (χ0v) is 30.5. The van der Waals surface area contributed by atoms with E-state index < -0.39 is 0 Å². The maximum atomic E-state index is 6.55. The van der Waals surface area contributed by atoms with E-state index in [2.05, 4.69) is 138 Å². The number of aryl methyl sites for hydroxylation is 1.